The molecule has 3 nitrogen and oxygen atoms in total. The molecule has 0 unspecified atom stereocenters. The molecule has 2 N–H and O–H groups in total. The summed E-state index contributed by atoms with van der Waals surface area (Å²) < 4.78 is 0. The molecule has 0 aliphatic heterocycles. The lowest BCUT2D eigenvalue weighted by Gasteiger charge is -2.11. The molecule has 0 saturated carbocycles. The molecule has 132 valence electrons. The third-order valence-electron chi connectivity index (χ3n) is 4.36. The summed E-state index contributed by atoms with van der Waals surface area (Å²) in [6.07, 6.45) is 1.83. The number of rotatable bonds is 4. The third-order valence-corrected chi connectivity index (χ3v) is 4.61. The molecule has 0 amide bonds. The number of nitrogens with zero attached hydrogens (tertiary/aromatic N) is 1. The molecule has 0 radical (unpaired) electrons. The Bertz CT molecular complexity index is 1080. The molecule has 0 saturated heterocycles. The fraction of sp³-hybridized carbons (Fsp3) is 0.0435. The SMILES string of the molecule is S=C(NCc1cc(-c2ccccc2)ccn1)Nc1ccc2ccccc2c1. The van der Waals surface area contributed by atoms with E-state index in [1.54, 1.807) is 0 Å². The lowest BCUT2D eigenvalue weighted by atomic mass is 10.1. The Morgan fingerprint density at radius 1 is 0.778 bits per heavy atom. The maximum Gasteiger partial charge on any atom is 0.171 e. The normalized spacial score (nSPS) is 10.5. The molecule has 4 rings (SSSR count). The number of nitrogens with one attached hydrogen (secondary N) is 2. The molecule has 0 aliphatic rings. The van der Waals surface area contributed by atoms with Crippen LogP contribution in [-0.4, -0.2) is 10.1 Å². The Labute approximate surface area is 164 Å². The van der Waals surface area contributed by atoms with Crippen LogP contribution in [-0.2, 0) is 6.54 Å². The van der Waals surface area contributed by atoms with Crippen LogP contribution in [0, 0.1) is 0 Å². The highest BCUT2D eigenvalue weighted by Crippen LogP contribution is 2.20. The van der Waals surface area contributed by atoms with E-state index in [2.05, 4.69) is 58.1 Å². The van der Waals surface area contributed by atoms with Gasteiger partial charge in [0.25, 0.3) is 0 Å². The highest BCUT2D eigenvalue weighted by Gasteiger charge is 2.03. The zero-order chi connectivity index (χ0) is 18.5. The highest BCUT2D eigenvalue weighted by atomic mass is 32.1. The predicted molar refractivity (Wildman–Crippen MR) is 117 cm³/mol. The molecule has 4 heteroatoms. The summed E-state index contributed by atoms with van der Waals surface area (Å²) in [6.45, 7) is 0.570. The fourth-order valence-electron chi connectivity index (χ4n) is 3.00. The summed E-state index contributed by atoms with van der Waals surface area (Å²) >= 11 is 5.43. The van der Waals surface area contributed by atoms with Gasteiger partial charge in [0.2, 0.25) is 0 Å². The van der Waals surface area contributed by atoms with E-state index < -0.39 is 0 Å². The van der Waals surface area contributed by atoms with E-state index in [9.17, 15) is 0 Å². The molecule has 0 fully saturated rings. The van der Waals surface area contributed by atoms with Gasteiger partial charge in [0.15, 0.2) is 5.11 Å². The van der Waals surface area contributed by atoms with E-state index in [0.29, 0.717) is 11.7 Å². The highest BCUT2D eigenvalue weighted by molar-refractivity contribution is 7.80. The second kappa shape index (κ2) is 7.98. The second-order valence-corrected chi connectivity index (χ2v) is 6.68. The van der Waals surface area contributed by atoms with Gasteiger partial charge in [-0.3, -0.25) is 4.98 Å². The molecule has 3 aromatic carbocycles. The molecule has 1 heterocycles. The van der Waals surface area contributed by atoms with Gasteiger partial charge in [-0.1, -0.05) is 60.7 Å². The predicted octanol–water partition coefficient (Wildman–Crippen LogP) is 5.39. The van der Waals surface area contributed by atoms with Gasteiger partial charge in [0.1, 0.15) is 0 Å². The number of benzene rings is 3. The molecular formula is C23H19N3S. The number of fused-ring (bicyclic) bond motifs is 1. The van der Waals surface area contributed by atoms with Crippen molar-refractivity contribution < 1.29 is 0 Å². The van der Waals surface area contributed by atoms with Gasteiger partial charge in [0, 0.05) is 11.9 Å². The van der Waals surface area contributed by atoms with E-state index in [4.69, 9.17) is 12.2 Å². The second-order valence-electron chi connectivity index (χ2n) is 6.27. The zero-order valence-electron chi connectivity index (χ0n) is 14.7. The van der Waals surface area contributed by atoms with Gasteiger partial charge in [-0.15, -0.1) is 0 Å². The van der Waals surface area contributed by atoms with Gasteiger partial charge in [-0.05, 0) is 58.4 Å². The molecule has 27 heavy (non-hydrogen) atoms. The van der Waals surface area contributed by atoms with Crippen LogP contribution in [0.2, 0.25) is 0 Å². The van der Waals surface area contributed by atoms with Gasteiger partial charge in [0.05, 0.1) is 12.2 Å². The first-order valence-corrected chi connectivity index (χ1v) is 9.23. The van der Waals surface area contributed by atoms with Crippen LogP contribution in [0.3, 0.4) is 0 Å². The van der Waals surface area contributed by atoms with Crippen molar-refractivity contribution in [2.24, 2.45) is 0 Å². The molecule has 1 aromatic heterocycles. The van der Waals surface area contributed by atoms with E-state index in [-0.39, 0.29) is 0 Å². The van der Waals surface area contributed by atoms with Crippen LogP contribution < -0.4 is 10.6 Å². The van der Waals surface area contributed by atoms with Crippen molar-refractivity contribution in [3.63, 3.8) is 0 Å². The number of aromatic nitrogens is 1. The van der Waals surface area contributed by atoms with Gasteiger partial charge < -0.3 is 10.6 Å². The number of hydrogen-bond acceptors (Lipinski definition) is 2. The Kier molecular flexibility index (Phi) is 5.08. The first kappa shape index (κ1) is 17.2. The lowest BCUT2D eigenvalue weighted by Crippen LogP contribution is -2.28. The third kappa shape index (κ3) is 4.30. The fourth-order valence-corrected chi connectivity index (χ4v) is 3.19. The maximum absolute atomic E-state index is 5.43. The number of anilines is 1. The smallest absolute Gasteiger partial charge is 0.171 e. The molecule has 0 atom stereocenters. The minimum absolute atomic E-state index is 0.570. The first-order chi connectivity index (χ1) is 13.3. The molecule has 0 spiro atoms. The number of thiocarbonyl (C=S) groups is 1. The summed E-state index contributed by atoms with van der Waals surface area (Å²) in [4.78, 5) is 4.43. The Balaban J connectivity index is 1.40. The summed E-state index contributed by atoms with van der Waals surface area (Å²) in [5, 5.41) is 9.45. The zero-order valence-corrected chi connectivity index (χ0v) is 15.5. The van der Waals surface area contributed by atoms with E-state index in [1.165, 1.54) is 16.3 Å². The van der Waals surface area contributed by atoms with Crippen molar-refractivity contribution >= 4 is 33.8 Å². The summed E-state index contributed by atoms with van der Waals surface area (Å²) in [5.74, 6) is 0. The summed E-state index contributed by atoms with van der Waals surface area (Å²) in [5.41, 5.74) is 4.24. The van der Waals surface area contributed by atoms with Crippen LogP contribution in [0.25, 0.3) is 21.9 Å². The largest absolute Gasteiger partial charge is 0.357 e. The minimum atomic E-state index is 0.570. The van der Waals surface area contributed by atoms with Gasteiger partial charge >= 0.3 is 0 Å². The van der Waals surface area contributed by atoms with Crippen molar-refractivity contribution in [3.8, 4) is 11.1 Å². The number of hydrogen-bond donors (Lipinski definition) is 2. The summed E-state index contributed by atoms with van der Waals surface area (Å²) in [6, 6.07) is 28.9. The van der Waals surface area contributed by atoms with E-state index >= 15 is 0 Å². The van der Waals surface area contributed by atoms with Crippen molar-refractivity contribution in [2.45, 2.75) is 6.54 Å². The number of pyridine rings is 1. The standard InChI is InChI=1S/C23H19N3S/c27-23(26-21-11-10-18-8-4-5-9-19(18)14-21)25-16-22-15-20(12-13-24-22)17-6-2-1-3-7-17/h1-15H,16H2,(H2,25,26,27). The van der Waals surface area contributed by atoms with E-state index in [0.717, 1.165) is 16.9 Å². The molecule has 0 bridgehead atoms. The molecule has 0 aliphatic carbocycles. The van der Waals surface area contributed by atoms with Crippen molar-refractivity contribution in [1.29, 1.82) is 0 Å². The topological polar surface area (TPSA) is 37.0 Å². The van der Waals surface area contributed by atoms with Crippen LogP contribution in [0.15, 0.2) is 91.1 Å². The van der Waals surface area contributed by atoms with Crippen molar-refractivity contribution in [2.75, 3.05) is 5.32 Å². The van der Waals surface area contributed by atoms with Gasteiger partial charge in [-0.2, -0.15) is 0 Å². The Morgan fingerprint density at radius 2 is 1.56 bits per heavy atom. The van der Waals surface area contributed by atoms with Crippen molar-refractivity contribution in [1.82, 2.24) is 10.3 Å². The van der Waals surface area contributed by atoms with Gasteiger partial charge in [-0.25, -0.2) is 0 Å². The first-order valence-electron chi connectivity index (χ1n) is 8.82. The monoisotopic (exact) mass is 369 g/mol. The summed E-state index contributed by atoms with van der Waals surface area (Å²) in [7, 11) is 0. The quantitative estimate of drug-likeness (QED) is 0.473. The van der Waals surface area contributed by atoms with Crippen LogP contribution in [0.5, 0.6) is 0 Å². The average Bonchev–Trinajstić information content (AvgIpc) is 2.73. The maximum atomic E-state index is 5.43. The van der Waals surface area contributed by atoms with Crippen LogP contribution in [0.4, 0.5) is 5.69 Å². The van der Waals surface area contributed by atoms with Crippen LogP contribution in [0.1, 0.15) is 5.69 Å². The Morgan fingerprint density at radius 3 is 2.41 bits per heavy atom. The van der Waals surface area contributed by atoms with Crippen molar-refractivity contribution in [3.05, 3.63) is 96.8 Å². The molecular weight excluding hydrogens is 350 g/mol. The van der Waals surface area contributed by atoms with Crippen LogP contribution >= 0.6 is 12.2 Å². The lowest BCUT2D eigenvalue weighted by molar-refractivity contribution is 0.883. The minimum Gasteiger partial charge on any atom is -0.357 e. The Hall–Kier alpha value is -3.24. The van der Waals surface area contributed by atoms with E-state index in [1.807, 2.05) is 48.7 Å². The molecule has 4 aromatic rings. The average molecular weight is 369 g/mol.